The summed E-state index contributed by atoms with van der Waals surface area (Å²) in [5.74, 6) is 2.40. The van der Waals surface area contributed by atoms with E-state index in [0.29, 0.717) is 6.42 Å². The first kappa shape index (κ1) is 9.45. The zero-order valence-electron chi connectivity index (χ0n) is 6.79. The van der Waals surface area contributed by atoms with Crippen molar-refractivity contribution in [3.05, 3.63) is 0 Å². The fourth-order valence-corrected chi connectivity index (χ4v) is 2.30. The predicted octanol–water partition coefficient (Wildman–Crippen LogP) is 1.51. The highest BCUT2D eigenvalue weighted by Crippen LogP contribution is 2.35. The third kappa shape index (κ3) is 1.75. The summed E-state index contributed by atoms with van der Waals surface area (Å²) in [6.07, 6.45) is 8.73. The van der Waals surface area contributed by atoms with Crippen LogP contribution in [0.15, 0.2) is 0 Å². The van der Waals surface area contributed by atoms with E-state index in [2.05, 4.69) is 5.92 Å². The largest absolute Gasteiger partial charge is 0.376 e. The van der Waals surface area contributed by atoms with E-state index >= 15 is 0 Å². The molecule has 2 atom stereocenters. The smallest absolute Gasteiger partial charge is 0.138 e. The molecule has 0 aromatic carbocycles. The van der Waals surface area contributed by atoms with Crippen molar-refractivity contribution in [3.8, 4) is 17.7 Å². The number of hydrogen-bond acceptors (Lipinski definition) is 3. The topological polar surface area (TPSA) is 44.0 Å². The average molecular weight is 181 g/mol. The van der Waals surface area contributed by atoms with Gasteiger partial charge in [-0.3, -0.25) is 0 Å². The Morgan fingerprint density at radius 3 is 2.92 bits per heavy atom. The van der Waals surface area contributed by atoms with Crippen LogP contribution in [-0.2, 0) is 0 Å². The molecule has 0 amide bonds. The molecule has 0 aromatic rings. The standard InChI is InChI=1S/C9H11NOS/c1-2-9(11)6-4-3-5-8(9)12-7-10/h1,8,11H,3-6H2. The van der Waals surface area contributed by atoms with Crippen LogP contribution in [0.2, 0.25) is 0 Å². The van der Waals surface area contributed by atoms with E-state index in [0.717, 1.165) is 31.0 Å². The Morgan fingerprint density at radius 1 is 1.58 bits per heavy atom. The van der Waals surface area contributed by atoms with E-state index in [1.807, 2.05) is 5.40 Å². The van der Waals surface area contributed by atoms with Crippen molar-refractivity contribution in [3.63, 3.8) is 0 Å². The van der Waals surface area contributed by atoms with Gasteiger partial charge < -0.3 is 5.11 Å². The number of nitriles is 1. The zero-order chi connectivity index (χ0) is 9.03. The molecule has 0 spiro atoms. The monoisotopic (exact) mass is 181 g/mol. The molecule has 1 aliphatic carbocycles. The van der Waals surface area contributed by atoms with Crippen LogP contribution in [0.1, 0.15) is 25.7 Å². The Kier molecular flexibility index (Phi) is 3.03. The second kappa shape index (κ2) is 3.85. The van der Waals surface area contributed by atoms with Crippen LogP contribution in [-0.4, -0.2) is 16.0 Å². The molecule has 12 heavy (non-hydrogen) atoms. The number of aliphatic hydroxyl groups is 1. The fourth-order valence-electron chi connectivity index (χ4n) is 1.51. The lowest BCUT2D eigenvalue weighted by atomic mass is 9.85. The van der Waals surface area contributed by atoms with Crippen LogP contribution in [0.4, 0.5) is 0 Å². The first-order chi connectivity index (χ1) is 5.73. The van der Waals surface area contributed by atoms with E-state index in [-0.39, 0.29) is 5.25 Å². The number of rotatable bonds is 1. The van der Waals surface area contributed by atoms with Crippen molar-refractivity contribution >= 4 is 11.8 Å². The SMILES string of the molecule is C#CC1(O)CCCCC1SC#N. The van der Waals surface area contributed by atoms with Crippen LogP contribution in [0.3, 0.4) is 0 Å². The van der Waals surface area contributed by atoms with Gasteiger partial charge in [-0.2, -0.15) is 5.26 Å². The lowest BCUT2D eigenvalue weighted by Crippen LogP contribution is -2.41. The summed E-state index contributed by atoms with van der Waals surface area (Å²) >= 11 is 1.10. The lowest BCUT2D eigenvalue weighted by molar-refractivity contribution is 0.0681. The van der Waals surface area contributed by atoms with Crippen molar-refractivity contribution in [2.45, 2.75) is 36.5 Å². The van der Waals surface area contributed by atoms with Crippen LogP contribution in [0, 0.1) is 23.0 Å². The molecule has 0 heterocycles. The van der Waals surface area contributed by atoms with Crippen molar-refractivity contribution in [1.29, 1.82) is 5.26 Å². The molecule has 1 rings (SSSR count). The summed E-state index contributed by atoms with van der Waals surface area (Å²) in [6, 6.07) is 0. The molecule has 3 heteroatoms. The van der Waals surface area contributed by atoms with E-state index in [1.165, 1.54) is 0 Å². The first-order valence-corrected chi connectivity index (χ1v) is 4.86. The minimum Gasteiger partial charge on any atom is -0.376 e. The molecule has 1 aliphatic rings. The van der Waals surface area contributed by atoms with Crippen molar-refractivity contribution in [1.82, 2.24) is 0 Å². The minimum atomic E-state index is -1.04. The van der Waals surface area contributed by atoms with Gasteiger partial charge in [0.25, 0.3) is 0 Å². The molecule has 2 nitrogen and oxygen atoms in total. The molecule has 1 fully saturated rings. The van der Waals surface area contributed by atoms with Gasteiger partial charge in [-0.25, -0.2) is 0 Å². The van der Waals surface area contributed by atoms with Crippen LogP contribution >= 0.6 is 11.8 Å². The Balaban J connectivity index is 2.69. The van der Waals surface area contributed by atoms with Gasteiger partial charge in [0, 0.05) is 0 Å². The minimum absolute atomic E-state index is 0.0961. The molecular formula is C9H11NOS. The van der Waals surface area contributed by atoms with Crippen LogP contribution in [0.25, 0.3) is 0 Å². The molecule has 0 aromatic heterocycles. The summed E-state index contributed by atoms with van der Waals surface area (Å²) in [6.45, 7) is 0. The van der Waals surface area contributed by atoms with Gasteiger partial charge in [0.1, 0.15) is 11.0 Å². The highest BCUT2D eigenvalue weighted by atomic mass is 32.2. The van der Waals surface area contributed by atoms with Gasteiger partial charge in [0.15, 0.2) is 0 Å². The second-order valence-electron chi connectivity index (χ2n) is 3.01. The highest BCUT2D eigenvalue weighted by molar-refractivity contribution is 8.04. The molecule has 1 N–H and O–H groups in total. The maximum absolute atomic E-state index is 9.86. The summed E-state index contributed by atoms with van der Waals surface area (Å²) in [5.41, 5.74) is -1.04. The third-order valence-corrected chi connectivity index (χ3v) is 3.27. The average Bonchev–Trinajstić information content (AvgIpc) is 2.10. The number of thioether (sulfide) groups is 1. The van der Waals surface area contributed by atoms with Gasteiger partial charge >= 0.3 is 0 Å². The van der Waals surface area contributed by atoms with Gasteiger partial charge in [-0.15, -0.1) is 6.42 Å². The number of hydrogen-bond donors (Lipinski definition) is 1. The van der Waals surface area contributed by atoms with Crippen molar-refractivity contribution in [2.24, 2.45) is 0 Å². The van der Waals surface area contributed by atoms with E-state index in [1.54, 1.807) is 0 Å². The number of terminal acetylenes is 1. The summed E-state index contributed by atoms with van der Waals surface area (Å²) in [4.78, 5) is 0. The van der Waals surface area contributed by atoms with Crippen molar-refractivity contribution in [2.75, 3.05) is 0 Å². The molecule has 0 radical (unpaired) electrons. The Hall–Kier alpha value is -0.640. The Labute approximate surface area is 77.0 Å². The lowest BCUT2D eigenvalue weighted by Gasteiger charge is -2.33. The highest BCUT2D eigenvalue weighted by Gasteiger charge is 2.37. The quantitative estimate of drug-likeness (QED) is 0.492. The van der Waals surface area contributed by atoms with E-state index < -0.39 is 5.60 Å². The zero-order valence-corrected chi connectivity index (χ0v) is 7.60. The number of thiocyanates is 1. The summed E-state index contributed by atoms with van der Waals surface area (Å²) in [5, 5.41) is 20.2. The first-order valence-electron chi connectivity index (χ1n) is 3.98. The molecular weight excluding hydrogens is 170 g/mol. The maximum Gasteiger partial charge on any atom is 0.138 e. The Morgan fingerprint density at radius 2 is 2.33 bits per heavy atom. The van der Waals surface area contributed by atoms with Gasteiger partial charge in [0.2, 0.25) is 0 Å². The van der Waals surface area contributed by atoms with Crippen LogP contribution in [0.5, 0.6) is 0 Å². The van der Waals surface area contributed by atoms with E-state index in [4.69, 9.17) is 11.7 Å². The molecule has 0 aliphatic heterocycles. The normalized spacial score (nSPS) is 35.1. The molecule has 0 bridgehead atoms. The predicted molar refractivity (Wildman–Crippen MR) is 49.2 cm³/mol. The molecule has 64 valence electrons. The summed E-state index contributed by atoms with van der Waals surface area (Å²) < 4.78 is 0. The molecule has 1 saturated carbocycles. The van der Waals surface area contributed by atoms with Crippen molar-refractivity contribution < 1.29 is 5.11 Å². The Bertz CT molecular complexity index is 240. The fraction of sp³-hybridized carbons (Fsp3) is 0.667. The van der Waals surface area contributed by atoms with E-state index in [9.17, 15) is 5.11 Å². The second-order valence-corrected chi connectivity index (χ2v) is 4.00. The number of nitrogens with zero attached hydrogens (tertiary/aromatic N) is 1. The van der Waals surface area contributed by atoms with Gasteiger partial charge in [0.05, 0.1) is 5.25 Å². The molecule has 0 saturated heterocycles. The van der Waals surface area contributed by atoms with Gasteiger partial charge in [-0.05, 0) is 31.0 Å². The molecule has 2 unspecified atom stereocenters. The third-order valence-electron chi connectivity index (χ3n) is 2.25. The van der Waals surface area contributed by atoms with Crippen LogP contribution < -0.4 is 0 Å². The van der Waals surface area contributed by atoms with Gasteiger partial charge in [-0.1, -0.05) is 12.3 Å². The summed E-state index contributed by atoms with van der Waals surface area (Å²) in [7, 11) is 0. The maximum atomic E-state index is 9.86.